The largest absolute Gasteiger partial charge is 0.506 e. The molecule has 20 nitrogen and oxygen atoms in total. The van der Waals surface area contributed by atoms with Gasteiger partial charge in [0.05, 0.1) is 92.5 Å². The first-order valence-corrected chi connectivity index (χ1v) is 24.0. The maximum Gasteiger partial charge on any atom is 0.432 e. The highest BCUT2D eigenvalue weighted by molar-refractivity contribution is 6.24. The van der Waals surface area contributed by atoms with Crippen LogP contribution in [0.4, 0.5) is 45.2 Å². The van der Waals surface area contributed by atoms with Gasteiger partial charge in [-0.05, 0) is 78.2 Å². The summed E-state index contributed by atoms with van der Waals surface area (Å²) in [5.41, 5.74) is -6.05. The number of imide groups is 2. The Morgan fingerprint density at radius 1 is 0.700 bits per heavy atom. The molecule has 0 spiro atoms. The Labute approximate surface area is 446 Å². The Morgan fingerprint density at radius 2 is 1.34 bits per heavy atom. The Morgan fingerprint density at radius 3 is 1.98 bits per heavy atom. The third-order valence-electron chi connectivity index (χ3n) is 12.0. The molecule has 0 radical (unpaired) electrons. The zero-order valence-corrected chi connectivity index (χ0v) is 41.4. The number of alkyl halides is 9. The summed E-state index contributed by atoms with van der Waals surface area (Å²) in [4.78, 5) is 63.7. The molecular weight excluding hydrogens is 1090 g/mol. The monoisotopic (exact) mass is 1130 g/mol. The fourth-order valence-electron chi connectivity index (χ4n) is 8.18. The van der Waals surface area contributed by atoms with Crippen LogP contribution in [0.2, 0.25) is 0 Å². The number of nitrogens with one attached hydrogen (secondary N) is 3. The number of halogens is 9. The number of aromatic amines is 1. The molecule has 80 heavy (non-hydrogen) atoms. The number of carbonyl (C=O) groups excluding carboxylic acids is 5. The van der Waals surface area contributed by atoms with Crippen LogP contribution in [0.25, 0.3) is 22.4 Å². The number of aromatic nitrogens is 5. The number of hydrogen-bond donors (Lipinski definition) is 4. The number of phenolic OH excluding ortho intramolecular Hbond substituents is 1. The van der Waals surface area contributed by atoms with E-state index in [-0.39, 0.29) is 102 Å². The van der Waals surface area contributed by atoms with Crippen LogP contribution in [0.15, 0.2) is 85.1 Å². The van der Waals surface area contributed by atoms with Gasteiger partial charge >= 0.3 is 18.5 Å². The van der Waals surface area contributed by atoms with Gasteiger partial charge in [0, 0.05) is 17.7 Å². The topological polar surface area (TPSA) is 248 Å². The van der Waals surface area contributed by atoms with Crippen molar-refractivity contribution in [3.63, 3.8) is 0 Å². The Bertz CT molecular complexity index is 3200. The molecule has 29 heteroatoms. The average molecular weight is 1130 g/mol. The number of hydrogen-bond acceptors (Lipinski definition) is 15. The summed E-state index contributed by atoms with van der Waals surface area (Å²) >= 11 is 0. The van der Waals surface area contributed by atoms with E-state index in [0.717, 1.165) is 17.0 Å². The van der Waals surface area contributed by atoms with Crippen molar-refractivity contribution >= 4 is 35.2 Å². The molecule has 6 aromatic rings. The smallest absolute Gasteiger partial charge is 0.432 e. The van der Waals surface area contributed by atoms with E-state index in [1.54, 1.807) is 17.4 Å². The van der Waals surface area contributed by atoms with Crippen LogP contribution >= 0.6 is 0 Å². The van der Waals surface area contributed by atoms with E-state index in [9.17, 15) is 68.6 Å². The molecule has 1 atom stereocenters. The SMILES string of the molecule is O=C1CCC(N2C(=O)c3cccc(OCc4cn(CCOCCOCCOCCOCC(=O)Nc5ccc(COc6ccc(-c7cc(C(F)(F)F)[nH]n7)c(O)c6-c6cc(C(F)(F)F)cc(C(F)(F)F)c6)cc5)nn4)c3C2=O)C(=O)N1. The van der Waals surface area contributed by atoms with Crippen LogP contribution in [0.1, 0.15) is 61.6 Å². The molecule has 2 aromatic heterocycles. The molecule has 424 valence electrons. The highest BCUT2D eigenvalue weighted by Crippen LogP contribution is 2.48. The predicted octanol–water partition coefficient (Wildman–Crippen LogP) is 7.36. The van der Waals surface area contributed by atoms with Crippen molar-refractivity contribution in [3.8, 4) is 39.6 Å². The molecule has 0 saturated carbocycles. The van der Waals surface area contributed by atoms with Crippen molar-refractivity contribution in [2.45, 2.75) is 57.2 Å². The maximum atomic E-state index is 13.8. The molecule has 1 saturated heterocycles. The summed E-state index contributed by atoms with van der Waals surface area (Å²) in [5, 5.41) is 29.4. The molecular formula is C51H45F9N8O12. The quantitative estimate of drug-likeness (QED) is 0.0263. The van der Waals surface area contributed by atoms with E-state index in [1.807, 2.05) is 0 Å². The van der Waals surface area contributed by atoms with Crippen LogP contribution in [0, 0.1) is 0 Å². The molecule has 4 N–H and O–H groups in total. The Balaban J connectivity index is 0.707. The van der Waals surface area contributed by atoms with E-state index < -0.39 is 105 Å². The molecule has 4 heterocycles. The van der Waals surface area contributed by atoms with Crippen LogP contribution < -0.4 is 20.1 Å². The number of carbonyl (C=O) groups is 5. The minimum absolute atomic E-state index is 0.00765. The number of aromatic hydroxyl groups is 1. The van der Waals surface area contributed by atoms with Crippen molar-refractivity contribution in [3.05, 3.63) is 124 Å². The summed E-state index contributed by atoms with van der Waals surface area (Å²) in [6.07, 6.45) is -13.8. The summed E-state index contributed by atoms with van der Waals surface area (Å²) in [5.74, 6) is -4.40. The highest BCUT2D eigenvalue weighted by Gasteiger charge is 2.46. The van der Waals surface area contributed by atoms with Crippen molar-refractivity contribution in [1.82, 2.24) is 35.4 Å². The van der Waals surface area contributed by atoms with Gasteiger partial charge in [-0.3, -0.25) is 39.3 Å². The van der Waals surface area contributed by atoms with Gasteiger partial charge in [-0.2, -0.15) is 44.6 Å². The van der Waals surface area contributed by atoms with Gasteiger partial charge < -0.3 is 38.8 Å². The minimum atomic E-state index is -5.27. The van der Waals surface area contributed by atoms with Gasteiger partial charge in [-0.25, -0.2) is 4.68 Å². The molecule has 4 aromatic carbocycles. The van der Waals surface area contributed by atoms with Crippen molar-refractivity contribution in [2.75, 3.05) is 58.2 Å². The second-order valence-corrected chi connectivity index (χ2v) is 17.6. The summed E-state index contributed by atoms with van der Waals surface area (Å²) < 4.78 is 158. The third kappa shape index (κ3) is 14.2. The lowest BCUT2D eigenvalue weighted by atomic mass is 9.95. The van der Waals surface area contributed by atoms with Crippen LogP contribution in [-0.4, -0.2) is 124 Å². The second-order valence-electron chi connectivity index (χ2n) is 17.6. The van der Waals surface area contributed by atoms with Crippen LogP contribution in [0.3, 0.4) is 0 Å². The van der Waals surface area contributed by atoms with Gasteiger partial charge in [0.15, 0.2) is 0 Å². The Kier molecular flexibility index (Phi) is 17.8. The van der Waals surface area contributed by atoms with E-state index in [0.29, 0.717) is 41.7 Å². The van der Waals surface area contributed by atoms with Crippen molar-refractivity contribution < 1.29 is 97.0 Å². The molecule has 1 fully saturated rings. The van der Waals surface area contributed by atoms with Gasteiger partial charge in [0.1, 0.15) is 54.5 Å². The third-order valence-corrected chi connectivity index (χ3v) is 12.0. The Hall–Kier alpha value is -8.41. The molecule has 2 aliphatic rings. The number of piperidine rings is 1. The number of nitrogens with zero attached hydrogens (tertiary/aromatic N) is 5. The molecule has 8 rings (SSSR count). The predicted molar refractivity (Wildman–Crippen MR) is 256 cm³/mol. The fourth-order valence-corrected chi connectivity index (χ4v) is 8.18. The normalized spacial score (nSPS) is 14.9. The van der Waals surface area contributed by atoms with Gasteiger partial charge in [-0.1, -0.05) is 23.4 Å². The summed E-state index contributed by atoms with van der Waals surface area (Å²) in [6, 6.07) is 12.4. The first-order chi connectivity index (χ1) is 38.0. The highest BCUT2D eigenvalue weighted by atomic mass is 19.4. The van der Waals surface area contributed by atoms with E-state index in [1.165, 1.54) is 41.1 Å². The number of fused-ring (bicyclic) bond motifs is 1. The number of anilines is 1. The maximum absolute atomic E-state index is 13.8. The lowest BCUT2D eigenvalue weighted by molar-refractivity contribution is -0.143. The minimum Gasteiger partial charge on any atom is -0.506 e. The number of phenols is 1. The van der Waals surface area contributed by atoms with E-state index >= 15 is 0 Å². The van der Waals surface area contributed by atoms with Crippen LogP contribution in [0.5, 0.6) is 17.2 Å². The molecule has 5 amide bonds. The number of ether oxygens (including phenoxy) is 6. The van der Waals surface area contributed by atoms with Gasteiger partial charge in [-0.15, -0.1) is 5.10 Å². The van der Waals surface area contributed by atoms with Crippen molar-refractivity contribution in [1.29, 1.82) is 0 Å². The standard InChI is InChI=1S/C51H45F9N8O12/c52-49(53,54)30-20-29(21-31(22-30)50(55,56)57)43-39(10-8-34(45(43)71)36-23-40(65-64-36)51(58,59)60)79-25-28-4-6-32(7-5-28)61-42(70)27-78-19-18-77-17-16-76-15-14-75-13-12-67-24-33(63-66-67)26-80-38-3-1-2-35-44(38)48(74)68(47(35)73)37-9-11-41(69)62-46(37)72/h1-8,10,20-24,37,71H,9,11-19,25-27H2,(H,61,70)(H,64,65)(H,62,69,72). The number of rotatable bonds is 24. The van der Waals surface area contributed by atoms with Gasteiger partial charge in [0.2, 0.25) is 17.7 Å². The fraction of sp³-hybridized carbons (Fsp3) is 0.333. The van der Waals surface area contributed by atoms with Crippen LogP contribution in [-0.2, 0) is 71.6 Å². The van der Waals surface area contributed by atoms with Crippen molar-refractivity contribution in [2.24, 2.45) is 0 Å². The average Bonchev–Trinajstić information content (AvgIpc) is 4.24. The van der Waals surface area contributed by atoms with E-state index in [2.05, 4.69) is 26.0 Å². The lowest BCUT2D eigenvalue weighted by Crippen LogP contribution is -2.54. The first kappa shape index (κ1) is 57.8. The zero-order chi connectivity index (χ0) is 57.4. The first-order valence-electron chi connectivity index (χ1n) is 24.0. The molecule has 2 aliphatic heterocycles. The number of amides is 5. The second kappa shape index (κ2) is 24.7. The van der Waals surface area contributed by atoms with E-state index in [4.69, 9.17) is 28.4 Å². The summed E-state index contributed by atoms with van der Waals surface area (Å²) in [6.45, 7) is 1.02. The lowest BCUT2D eigenvalue weighted by Gasteiger charge is -2.27. The zero-order valence-electron chi connectivity index (χ0n) is 41.4. The molecule has 0 aliphatic carbocycles. The summed E-state index contributed by atoms with van der Waals surface area (Å²) in [7, 11) is 0. The molecule has 1 unspecified atom stereocenters. The number of H-pyrrole nitrogens is 1. The molecule has 0 bridgehead atoms. The van der Waals surface area contributed by atoms with Gasteiger partial charge in [0.25, 0.3) is 11.8 Å². The number of benzene rings is 4.